The maximum Gasteiger partial charge on any atom is 0.0833 e. The average Bonchev–Trinajstić information content (AvgIpc) is 2.79. The second-order valence-corrected chi connectivity index (χ2v) is 6.39. The zero-order valence-corrected chi connectivity index (χ0v) is 11.1. The number of hydrogen-bond acceptors (Lipinski definition) is 4. The number of thiocarbonyl (C=S) groups is 1. The first kappa shape index (κ1) is 11.4. The third kappa shape index (κ3) is 2.08. The Hall–Kier alpha value is -0.0600. The summed E-state index contributed by atoms with van der Waals surface area (Å²) in [4.78, 5) is 4.21. The molecule has 0 bridgehead atoms. The highest BCUT2D eigenvalue weighted by Gasteiger charge is 2.40. The van der Waals surface area contributed by atoms with Gasteiger partial charge in [-0.2, -0.15) is 0 Å². The van der Waals surface area contributed by atoms with Crippen LogP contribution in [0.2, 0.25) is 0 Å². The van der Waals surface area contributed by atoms with Crippen LogP contribution in [0.3, 0.4) is 0 Å². The van der Waals surface area contributed by atoms with Crippen molar-refractivity contribution < 1.29 is 0 Å². The molecule has 0 saturated carbocycles. The second-order valence-electron chi connectivity index (χ2n) is 3.51. The molecular weight excluding hydrogens is 242 g/mol. The van der Waals surface area contributed by atoms with Crippen molar-refractivity contribution in [2.75, 3.05) is 12.0 Å². The third-order valence-corrected chi connectivity index (χ3v) is 6.12. The Balaban J connectivity index is 2.39. The first-order valence-electron chi connectivity index (χ1n) is 4.92. The molecule has 1 aromatic heterocycles. The molecule has 2 rings (SSSR count). The van der Waals surface area contributed by atoms with E-state index in [1.54, 1.807) is 11.8 Å². The van der Waals surface area contributed by atoms with Crippen LogP contribution in [0, 0.1) is 0 Å². The van der Waals surface area contributed by atoms with Crippen molar-refractivity contribution in [2.24, 2.45) is 0 Å². The van der Waals surface area contributed by atoms with Gasteiger partial charge in [0.25, 0.3) is 0 Å². The molecule has 1 aromatic rings. The van der Waals surface area contributed by atoms with Crippen molar-refractivity contribution in [3.05, 3.63) is 30.1 Å². The first-order chi connectivity index (χ1) is 7.29. The van der Waals surface area contributed by atoms with E-state index in [2.05, 4.69) is 17.3 Å². The second kappa shape index (κ2) is 4.85. The number of hydrogen-bond donors (Lipinski definition) is 0. The van der Waals surface area contributed by atoms with Gasteiger partial charge in [-0.05, 0) is 36.5 Å². The van der Waals surface area contributed by atoms with E-state index in [0.717, 1.165) is 10.6 Å². The molecule has 4 heteroatoms. The molecule has 1 aliphatic heterocycles. The van der Waals surface area contributed by atoms with Crippen LogP contribution in [0.25, 0.3) is 0 Å². The highest BCUT2D eigenvalue weighted by atomic mass is 32.2. The maximum absolute atomic E-state index is 5.52. The van der Waals surface area contributed by atoms with Crippen LogP contribution in [0.15, 0.2) is 24.5 Å². The summed E-state index contributed by atoms with van der Waals surface area (Å²) in [6.45, 7) is 0. The first-order valence-corrected chi connectivity index (χ1v) is 7.54. The minimum atomic E-state index is 0.0447. The van der Waals surface area contributed by atoms with Gasteiger partial charge >= 0.3 is 0 Å². The van der Waals surface area contributed by atoms with Gasteiger partial charge in [0.15, 0.2) is 0 Å². The van der Waals surface area contributed by atoms with Crippen LogP contribution in [0.1, 0.15) is 18.4 Å². The fraction of sp³-hybridized carbons (Fsp3) is 0.455. The molecule has 0 radical (unpaired) electrons. The van der Waals surface area contributed by atoms with Crippen LogP contribution in [0.5, 0.6) is 0 Å². The van der Waals surface area contributed by atoms with Gasteiger partial charge in [-0.15, -0.1) is 23.5 Å². The van der Waals surface area contributed by atoms with Gasteiger partial charge < -0.3 is 0 Å². The van der Waals surface area contributed by atoms with Crippen LogP contribution in [0.4, 0.5) is 0 Å². The van der Waals surface area contributed by atoms with Crippen molar-refractivity contribution in [2.45, 2.75) is 17.6 Å². The Morgan fingerprint density at radius 2 is 2.53 bits per heavy atom. The number of aromatic nitrogens is 1. The standard InChI is InChI=1S/C11H13NS3/c1-14-10(13)11(5-3-7-15-11)9-4-2-6-12-8-9/h2,4,6,8H,3,5,7H2,1H3. The molecule has 0 aromatic carbocycles. The van der Waals surface area contributed by atoms with E-state index in [1.165, 1.54) is 17.7 Å². The van der Waals surface area contributed by atoms with E-state index >= 15 is 0 Å². The molecular formula is C11H13NS3. The molecule has 1 fully saturated rings. The molecule has 15 heavy (non-hydrogen) atoms. The normalized spacial score (nSPS) is 25.4. The van der Waals surface area contributed by atoms with E-state index in [0.29, 0.717) is 0 Å². The van der Waals surface area contributed by atoms with Crippen molar-refractivity contribution in [1.82, 2.24) is 4.98 Å². The predicted molar refractivity (Wildman–Crippen MR) is 73.7 cm³/mol. The van der Waals surface area contributed by atoms with E-state index in [-0.39, 0.29) is 4.75 Å². The Morgan fingerprint density at radius 3 is 3.07 bits per heavy atom. The topological polar surface area (TPSA) is 12.9 Å². The molecule has 0 N–H and O–H groups in total. The molecule has 80 valence electrons. The summed E-state index contributed by atoms with van der Waals surface area (Å²) >= 11 is 9.20. The Bertz CT molecular complexity index is 344. The lowest BCUT2D eigenvalue weighted by Gasteiger charge is -2.28. The van der Waals surface area contributed by atoms with Gasteiger partial charge in [0, 0.05) is 12.4 Å². The lowest BCUT2D eigenvalue weighted by Crippen LogP contribution is -2.26. The van der Waals surface area contributed by atoms with Crippen LogP contribution in [-0.4, -0.2) is 21.2 Å². The Labute approximate surface area is 104 Å². The largest absolute Gasteiger partial charge is 0.264 e. The van der Waals surface area contributed by atoms with E-state index < -0.39 is 0 Å². The van der Waals surface area contributed by atoms with E-state index in [1.807, 2.05) is 30.2 Å². The number of rotatable bonds is 2. The third-order valence-electron chi connectivity index (χ3n) is 2.66. The SMILES string of the molecule is CSC(=S)C1(c2cccnc2)CCCS1. The van der Waals surface area contributed by atoms with Crippen LogP contribution >= 0.6 is 35.7 Å². The highest BCUT2D eigenvalue weighted by Crippen LogP contribution is 2.49. The molecule has 1 atom stereocenters. The van der Waals surface area contributed by atoms with E-state index in [9.17, 15) is 0 Å². The summed E-state index contributed by atoms with van der Waals surface area (Å²) in [6, 6.07) is 4.15. The molecule has 0 aliphatic carbocycles. The van der Waals surface area contributed by atoms with Crippen LogP contribution in [-0.2, 0) is 4.75 Å². The van der Waals surface area contributed by atoms with Crippen molar-refractivity contribution in [3.8, 4) is 0 Å². The van der Waals surface area contributed by atoms with Crippen molar-refractivity contribution in [1.29, 1.82) is 0 Å². The molecule has 0 amide bonds. The highest BCUT2D eigenvalue weighted by molar-refractivity contribution is 8.24. The summed E-state index contributed by atoms with van der Waals surface area (Å²) < 4.78 is 1.14. The molecule has 1 nitrogen and oxygen atoms in total. The van der Waals surface area contributed by atoms with E-state index in [4.69, 9.17) is 12.2 Å². The molecule has 1 aliphatic rings. The minimum Gasteiger partial charge on any atom is -0.264 e. The quantitative estimate of drug-likeness (QED) is 0.750. The molecule has 0 spiro atoms. The monoisotopic (exact) mass is 255 g/mol. The lowest BCUT2D eigenvalue weighted by molar-refractivity contribution is 0.752. The van der Waals surface area contributed by atoms with Crippen molar-refractivity contribution >= 4 is 39.9 Å². The van der Waals surface area contributed by atoms with Gasteiger partial charge in [-0.3, -0.25) is 4.98 Å². The number of nitrogens with zero attached hydrogens (tertiary/aromatic N) is 1. The number of pyridine rings is 1. The average molecular weight is 255 g/mol. The molecule has 1 unspecified atom stereocenters. The Kier molecular flexibility index (Phi) is 3.69. The summed E-state index contributed by atoms with van der Waals surface area (Å²) in [5.41, 5.74) is 1.27. The smallest absolute Gasteiger partial charge is 0.0833 e. The van der Waals surface area contributed by atoms with Gasteiger partial charge in [0.05, 0.1) is 8.94 Å². The summed E-state index contributed by atoms with van der Waals surface area (Å²) in [6.07, 6.45) is 8.25. The van der Waals surface area contributed by atoms with Gasteiger partial charge in [0.1, 0.15) is 0 Å². The zero-order valence-electron chi connectivity index (χ0n) is 8.60. The Morgan fingerprint density at radius 1 is 1.67 bits per heavy atom. The summed E-state index contributed by atoms with van der Waals surface area (Å²) in [5, 5.41) is 0. The van der Waals surface area contributed by atoms with Gasteiger partial charge in [-0.1, -0.05) is 18.3 Å². The molecule has 1 saturated heterocycles. The fourth-order valence-electron chi connectivity index (χ4n) is 1.91. The van der Waals surface area contributed by atoms with Crippen molar-refractivity contribution in [3.63, 3.8) is 0 Å². The summed E-state index contributed by atoms with van der Waals surface area (Å²) in [7, 11) is 0. The van der Waals surface area contributed by atoms with Gasteiger partial charge in [0.2, 0.25) is 0 Å². The summed E-state index contributed by atoms with van der Waals surface area (Å²) in [5.74, 6) is 1.20. The zero-order chi connectivity index (χ0) is 10.7. The lowest BCUT2D eigenvalue weighted by atomic mass is 9.97. The maximum atomic E-state index is 5.52. The number of thioether (sulfide) groups is 2. The predicted octanol–water partition coefficient (Wildman–Crippen LogP) is 3.49. The molecule has 2 heterocycles. The van der Waals surface area contributed by atoms with Gasteiger partial charge in [-0.25, -0.2) is 0 Å². The fourth-order valence-corrected chi connectivity index (χ4v) is 4.62. The van der Waals surface area contributed by atoms with Crippen LogP contribution < -0.4 is 0 Å². The minimum absolute atomic E-state index is 0.0447.